The van der Waals surface area contributed by atoms with Crippen molar-refractivity contribution < 1.29 is 14.7 Å². The van der Waals surface area contributed by atoms with Crippen molar-refractivity contribution in [2.75, 3.05) is 13.1 Å². The third-order valence-electron chi connectivity index (χ3n) is 4.65. The highest BCUT2D eigenvalue weighted by molar-refractivity contribution is 5.85. The maximum Gasteiger partial charge on any atom is 0.326 e. The van der Waals surface area contributed by atoms with Crippen LogP contribution in [0.2, 0.25) is 0 Å². The molecule has 2 fully saturated rings. The lowest BCUT2D eigenvalue weighted by Crippen LogP contribution is -2.47. The molecule has 1 aliphatic heterocycles. The molecule has 3 N–H and O–H groups in total. The summed E-state index contributed by atoms with van der Waals surface area (Å²) in [5, 5.41) is 9.21. The zero-order valence-corrected chi connectivity index (χ0v) is 10.9. The van der Waals surface area contributed by atoms with Gasteiger partial charge in [0, 0.05) is 13.0 Å². The van der Waals surface area contributed by atoms with Gasteiger partial charge in [0.05, 0.1) is 0 Å². The average molecular weight is 254 g/mol. The molecule has 2 rings (SSSR count). The van der Waals surface area contributed by atoms with Crippen LogP contribution < -0.4 is 5.73 Å². The summed E-state index contributed by atoms with van der Waals surface area (Å²) in [6, 6.07) is -0.646. The van der Waals surface area contributed by atoms with Gasteiger partial charge in [-0.15, -0.1) is 0 Å². The Morgan fingerprint density at radius 2 is 2.11 bits per heavy atom. The van der Waals surface area contributed by atoms with Crippen LogP contribution in [0.5, 0.6) is 0 Å². The number of likely N-dealkylation sites (tertiary alicyclic amines) is 1. The van der Waals surface area contributed by atoms with Crippen LogP contribution in [0.25, 0.3) is 0 Å². The maximum absolute atomic E-state index is 12.3. The second-order valence-electron chi connectivity index (χ2n) is 5.87. The maximum atomic E-state index is 12.3. The minimum absolute atomic E-state index is 0.0306. The first kappa shape index (κ1) is 13.3. The van der Waals surface area contributed by atoms with E-state index in [1.807, 2.05) is 6.92 Å². The minimum Gasteiger partial charge on any atom is -0.480 e. The first-order chi connectivity index (χ1) is 8.49. The monoisotopic (exact) mass is 254 g/mol. The highest BCUT2D eigenvalue weighted by Gasteiger charge is 2.43. The Hall–Kier alpha value is -1.10. The van der Waals surface area contributed by atoms with E-state index >= 15 is 0 Å². The Morgan fingerprint density at radius 1 is 1.44 bits per heavy atom. The summed E-state index contributed by atoms with van der Waals surface area (Å²) in [4.78, 5) is 25.1. The van der Waals surface area contributed by atoms with E-state index in [-0.39, 0.29) is 17.2 Å². The smallest absolute Gasteiger partial charge is 0.326 e. The highest BCUT2D eigenvalue weighted by atomic mass is 16.4. The Labute approximate surface area is 107 Å². The van der Waals surface area contributed by atoms with Gasteiger partial charge in [-0.1, -0.05) is 13.3 Å². The molecular weight excluding hydrogens is 232 g/mol. The Balaban J connectivity index is 2.02. The van der Waals surface area contributed by atoms with Gasteiger partial charge in [-0.25, -0.2) is 4.79 Å². The molecule has 18 heavy (non-hydrogen) atoms. The summed E-state index contributed by atoms with van der Waals surface area (Å²) in [5.41, 5.74) is 5.70. The van der Waals surface area contributed by atoms with Crippen molar-refractivity contribution in [2.45, 2.75) is 45.1 Å². The summed E-state index contributed by atoms with van der Waals surface area (Å²) in [6.07, 6.45) is 4.31. The Bertz CT molecular complexity index is 347. The van der Waals surface area contributed by atoms with Crippen molar-refractivity contribution in [3.05, 3.63) is 0 Å². The summed E-state index contributed by atoms with van der Waals surface area (Å²) in [6.45, 7) is 2.99. The van der Waals surface area contributed by atoms with Gasteiger partial charge in [-0.3, -0.25) is 4.79 Å². The van der Waals surface area contributed by atoms with Gasteiger partial charge in [0.15, 0.2) is 0 Å². The second kappa shape index (κ2) is 4.88. The molecule has 1 saturated heterocycles. The zero-order valence-electron chi connectivity index (χ0n) is 10.9. The number of carboxylic acids is 1. The number of carboxylic acid groups (broad SMARTS) is 1. The molecule has 0 spiro atoms. The second-order valence-corrected chi connectivity index (χ2v) is 5.87. The molecule has 2 unspecified atom stereocenters. The van der Waals surface area contributed by atoms with E-state index < -0.39 is 12.0 Å². The molecule has 1 saturated carbocycles. The molecule has 0 aromatic heterocycles. The first-order valence-electron chi connectivity index (χ1n) is 6.71. The zero-order chi connectivity index (χ0) is 13.3. The van der Waals surface area contributed by atoms with Gasteiger partial charge in [0.1, 0.15) is 6.04 Å². The van der Waals surface area contributed by atoms with Gasteiger partial charge in [-0.2, -0.15) is 0 Å². The Morgan fingerprint density at radius 3 is 2.56 bits per heavy atom. The van der Waals surface area contributed by atoms with Gasteiger partial charge in [0.25, 0.3) is 0 Å². The third kappa shape index (κ3) is 2.23. The van der Waals surface area contributed by atoms with E-state index in [9.17, 15) is 14.7 Å². The molecule has 0 radical (unpaired) electrons. The number of nitrogens with two attached hydrogens (primary N) is 1. The van der Waals surface area contributed by atoms with E-state index in [0.717, 1.165) is 25.7 Å². The SMILES string of the molecule is CC1CCN(C(=O)CC2(CN)CCC2)C1C(=O)O. The number of hydrogen-bond acceptors (Lipinski definition) is 3. The minimum atomic E-state index is -0.885. The van der Waals surface area contributed by atoms with E-state index in [1.54, 1.807) is 4.90 Å². The lowest BCUT2D eigenvalue weighted by atomic mass is 9.66. The van der Waals surface area contributed by atoms with Crippen LogP contribution >= 0.6 is 0 Å². The topological polar surface area (TPSA) is 83.6 Å². The van der Waals surface area contributed by atoms with E-state index in [4.69, 9.17) is 5.73 Å². The average Bonchev–Trinajstić information content (AvgIpc) is 2.65. The summed E-state index contributed by atoms with van der Waals surface area (Å²) >= 11 is 0. The lowest BCUT2D eigenvalue weighted by Gasteiger charge is -2.41. The summed E-state index contributed by atoms with van der Waals surface area (Å²) < 4.78 is 0. The van der Waals surface area contributed by atoms with Gasteiger partial charge >= 0.3 is 5.97 Å². The fourth-order valence-corrected chi connectivity index (χ4v) is 3.16. The van der Waals surface area contributed by atoms with E-state index in [2.05, 4.69) is 0 Å². The molecular formula is C13H22N2O3. The van der Waals surface area contributed by atoms with Crippen molar-refractivity contribution in [3.63, 3.8) is 0 Å². The fourth-order valence-electron chi connectivity index (χ4n) is 3.16. The number of hydrogen-bond donors (Lipinski definition) is 2. The van der Waals surface area contributed by atoms with Crippen molar-refractivity contribution in [1.29, 1.82) is 0 Å². The Kier molecular flexibility index (Phi) is 3.61. The molecule has 1 heterocycles. The number of carbonyl (C=O) groups excluding carboxylic acids is 1. The normalized spacial score (nSPS) is 30.0. The quantitative estimate of drug-likeness (QED) is 0.778. The number of carbonyl (C=O) groups is 2. The van der Waals surface area contributed by atoms with E-state index in [1.165, 1.54) is 0 Å². The van der Waals surface area contributed by atoms with Crippen molar-refractivity contribution in [2.24, 2.45) is 17.1 Å². The first-order valence-corrected chi connectivity index (χ1v) is 6.71. The number of rotatable bonds is 4. The van der Waals surface area contributed by atoms with Crippen LogP contribution in [-0.2, 0) is 9.59 Å². The predicted octanol–water partition coefficient (Wildman–Crippen LogP) is 0.827. The molecule has 0 aromatic rings. The summed E-state index contributed by atoms with van der Waals surface area (Å²) in [5.74, 6) is -0.873. The van der Waals surface area contributed by atoms with Gasteiger partial charge < -0.3 is 15.7 Å². The van der Waals surface area contributed by atoms with Crippen molar-refractivity contribution in [3.8, 4) is 0 Å². The molecule has 102 valence electrons. The molecule has 0 bridgehead atoms. The molecule has 1 amide bonds. The molecule has 5 nitrogen and oxygen atoms in total. The van der Waals surface area contributed by atoms with Crippen LogP contribution in [0.4, 0.5) is 0 Å². The van der Waals surface area contributed by atoms with Crippen LogP contribution in [0.3, 0.4) is 0 Å². The van der Waals surface area contributed by atoms with Crippen LogP contribution in [0.15, 0.2) is 0 Å². The molecule has 5 heteroatoms. The fraction of sp³-hybridized carbons (Fsp3) is 0.846. The number of aliphatic carboxylic acids is 1. The van der Waals surface area contributed by atoms with E-state index in [0.29, 0.717) is 19.5 Å². The van der Waals surface area contributed by atoms with Crippen molar-refractivity contribution >= 4 is 11.9 Å². The summed E-state index contributed by atoms with van der Waals surface area (Å²) in [7, 11) is 0. The largest absolute Gasteiger partial charge is 0.480 e. The molecule has 0 aromatic carbocycles. The predicted molar refractivity (Wildman–Crippen MR) is 66.9 cm³/mol. The number of amides is 1. The van der Waals surface area contributed by atoms with Crippen LogP contribution in [-0.4, -0.2) is 41.0 Å². The molecule has 2 atom stereocenters. The lowest BCUT2D eigenvalue weighted by molar-refractivity contribution is -0.150. The van der Waals surface area contributed by atoms with Crippen molar-refractivity contribution in [1.82, 2.24) is 4.90 Å². The molecule has 1 aliphatic carbocycles. The van der Waals surface area contributed by atoms with Crippen LogP contribution in [0.1, 0.15) is 39.0 Å². The van der Waals surface area contributed by atoms with Gasteiger partial charge in [-0.05, 0) is 37.1 Å². The number of nitrogens with zero attached hydrogens (tertiary/aromatic N) is 1. The highest BCUT2D eigenvalue weighted by Crippen LogP contribution is 2.43. The van der Waals surface area contributed by atoms with Crippen LogP contribution in [0, 0.1) is 11.3 Å². The van der Waals surface area contributed by atoms with Gasteiger partial charge in [0.2, 0.25) is 5.91 Å². The third-order valence-corrected chi connectivity index (χ3v) is 4.65. The molecule has 2 aliphatic rings. The standard InChI is InChI=1S/C13H22N2O3/c1-9-3-6-15(11(9)12(17)18)10(16)7-13(8-14)4-2-5-13/h9,11H,2-8,14H2,1H3,(H,17,18).